The number of nitrogens with zero attached hydrogens (tertiary/aromatic N) is 2. The van der Waals surface area contributed by atoms with Crippen LogP contribution < -0.4 is 0 Å². The molecular weight excluding hydrogens is 332 g/mol. The fourth-order valence-electron chi connectivity index (χ4n) is 2.20. The molecule has 4 aromatic rings. The number of furan rings is 2. The maximum atomic E-state index is 5.48. The SMILES string of the molecule is Brc1ccc2nc(-c3ccco3)c(-c3ccco3)nc2c1. The van der Waals surface area contributed by atoms with E-state index in [0.717, 1.165) is 15.5 Å². The van der Waals surface area contributed by atoms with Gasteiger partial charge in [0.25, 0.3) is 0 Å². The lowest BCUT2D eigenvalue weighted by Crippen LogP contribution is -1.94. The second-order valence-electron chi connectivity index (χ2n) is 4.51. The number of aromatic nitrogens is 2. The monoisotopic (exact) mass is 340 g/mol. The van der Waals surface area contributed by atoms with Gasteiger partial charge in [0.15, 0.2) is 11.5 Å². The van der Waals surface area contributed by atoms with E-state index in [1.54, 1.807) is 12.5 Å². The predicted molar refractivity (Wildman–Crippen MR) is 82.6 cm³/mol. The van der Waals surface area contributed by atoms with Gasteiger partial charge in [-0.2, -0.15) is 0 Å². The molecule has 0 amide bonds. The third-order valence-electron chi connectivity index (χ3n) is 3.14. The Morgan fingerprint density at radius 2 is 1.38 bits per heavy atom. The molecule has 3 heterocycles. The van der Waals surface area contributed by atoms with Gasteiger partial charge in [-0.05, 0) is 42.5 Å². The first-order valence-corrected chi connectivity index (χ1v) is 7.15. The summed E-state index contributed by atoms with van der Waals surface area (Å²) in [6, 6.07) is 13.2. The van der Waals surface area contributed by atoms with Crippen LogP contribution in [0.2, 0.25) is 0 Å². The summed E-state index contributed by atoms with van der Waals surface area (Å²) < 4.78 is 11.9. The molecule has 5 heteroatoms. The molecule has 21 heavy (non-hydrogen) atoms. The molecule has 0 bridgehead atoms. The Balaban J connectivity index is 2.05. The summed E-state index contributed by atoms with van der Waals surface area (Å²) in [7, 11) is 0. The minimum Gasteiger partial charge on any atom is -0.463 e. The highest BCUT2D eigenvalue weighted by atomic mass is 79.9. The van der Waals surface area contributed by atoms with Crippen molar-refractivity contribution < 1.29 is 8.83 Å². The first-order chi connectivity index (χ1) is 10.3. The molecular formula is C16H9BrN2O2. The van der Waals surface area contributed by atoms with Gasteiger partial charge in [-0.25, -0.2) is 9.97 Å². The highest BCUT2D eigenvalue weighted by Crippen LogP contribution is 2.32. The summed E-state index contributed by atoms with van der Waals surface area (Å²) in [5.74, 6) is 1.33. The van der Waals surface area contributed by atoms with Gasteiger partial charge in [-0.1, -0.05) is 15.9 Å². The summed E-state index contributed by atoms with van der Waals surface area (Å²) in [6.45, 7) is 0. The molecule has 0 radical (unpaired) electrons. The van der Waals surface area contributed by atoms with E-state index in [2.05, 4.69) is 25.9 Å². The normalized spacial score (nSPS) is 11.1. The average Bonchev–Trinajstić information content (AvgIpc) is 3.19. The second-order valence-corrected chi connectivity index (χ2v) is 5.42. The van der Waals surface area contributed by atoms with Gasteiger partial charge < -0.3 is 8.83 Å². The molecule has 0 aliphatic carbocycles. The van der Waals surface area contributed by atoms with Crippen LogP contribution in [0.25, 0.3) is 33.9 Å². The third-order valence-corrected chi connectivity index (χ3v) is 3.63. The average molecular weight is 341 g/mol. The maximum absolute atomic E-state index is 5.48. The van der Waals surface area contributed by atoms with Crippen molar-refractivity contribution >= 4 is 27.0 Å². The molecule has 3 aromatic heterocycles. The van der Waals surface area contributed by atoms with Crippen LogP contribution in [-0.4, -0.2) is 9.97 Å². The summed E-state index contributed by atoms with van der Waals surface area (Å²) in [5.41, 5.74) is 2.94. The van der Waals surface area contributed by atoms with Crippen molar-refractivity contribution in [1.29, 1.82) is 0 Å². The number of halogens is 1. The van der Waals surface area contributed by atoms with Gasteiger partial charge in [0.1, 0.15) is 11.4 Å². The molecule has 0 fully saturated rings. The Morgan fingerprint density at radius 3 is 1.95 bits per heavy atom. The zero-order chi connectivity index (χ0) is 14.2. The summed E-state index contributed by atoms with van der Waals surface area (Å²) in [4.78, 5) is 9.37. The molecule has 0 spiro atoms. The van der Waals surface area contributed by atoms with Gasteiger partial charge in [0, 0.05) is 4.47 Å². The van der Waals surface area contributed by atoms with Crippen molar-refractivity contribution in [3.05, 3.63) is 59.5 Å². The van der Waals surface area contributed by atoms with Gasteiger partial charge in [0.05, 0.1) is 23.6 Å². The van der Waals surface area contributed by atoms with Crippen molar-refractivity contribution in [2.75, 3.05) is 0 Å². The Morgan fingerprint density at radius 1 is 0.762 bits per heavy atom. The van der Waals surface area contributed by atoms with Crippen molar-refractivity contribution in [2.24, 2.45) is 0 Å². The van der Waals surface area contributed by atoms with E-state index >= 15 is 0 Å². The molecule has 0 saturated carbocycles. The number of fused-ring (bicyclic) bond motifs is 1. The lowest BCUT2D eigenvalue weighted by atomic mass is 10.2. The van der Waals surface area contributed by atoms with Crippen molar-refractivity contribution in [1.82, 2.24) is 9.97 Å². The van der Waals surface area contributed by atoms with Crippen LogP contribution in [0.3, 0.4) is 0 Å². The Hall–Kier alpha value is -2.40. The molecule has 0 unspecified atom stereocenters. The Bertz CT molecular complexity index is 900. The van der Waals surface area contributed by atoms with Gasteiger partial charge in [-0.3, -0.25) is 0 Å². The van der Waals surface area contributed by atoms with Crippen molar-refractivity contribution in [3.63, 3.8) is 0 Å². The van der Waals surface area contributed by atoms with E-state index < -0.39 is 0 Å². The molecule has 4 rings (SSSR count). The van der Waals surface area contributed by atoms with Gasteiger partial charge >= 0.3 is 0 Å². The number of hydrogen-bond donors (Lipinski definition) is 0. The first-order valence-electron chi connectivity index (χ1n) is 6.36. The van der Waals surface area contributed by atoms with Crippen molar-refractivity contribution in [2.45, 2.75) is 0 Å². The molecule has 0 N–H and O–H groups in total. The lowest BCUT2D eigenvalue weighted by Gasteiger charge is -2.06. The first kappa shape index (κ1) is 12.3. The van der Waals surface area contributed by atoms with Crippen LogP contribution in [0.5, 0.6) is 0 Å². The molecule has 4 nitrogen and oxygen atoms in total. The molecule has 102 valence electrons. The fraction of sp³-hybridized carbons (Fsp3) is 0. The summed E-state index contributed by atoms with van der Waals surface area (Å²) >= 11 is 3.45. The predicted octanol–water partition coefficient (Wildman–Crippen LogP) is 4.91. The summed E-state index contributed by atoms with van der Waals surface area (Å²) in [5, 5.41) is 0. The molecule has 0 aliphatic rings. The molecule has 0 atom stereocenters. The van der Waals surface area contributed by atoms with Gasteiger partial charge in [0.2, 0.25) is 0 Å². The van der Waals surface area contributed by atoms with E-state index in [1.165, 1.54) is 0 Å². The number of rotatable bonds is 2. The van der Waals surface area contributed by atoms with Crippen LogP contribution in [0.4, 0.5) is 0 Å². The minimum atomic E-state index is 0.663. The Kier molecular flexibility index (Phi) is 2.86. The van der Waals surface area contributed by atoms with Crippen molar-refractivity contribution in [3.8, 4) is 22.9 Å². The van der Waals surface area contributed by atoms with E-state index in [1.807, 2.05) is 42.5 Å². The second kappa shape index (κ2) is 4.86. The number of benzene rings is 1. The molecule has 1 aromatic carbocycles. The number of hydrogen-bond acceptors (Lipinski definition) is 4. The minimum absolute atomic E-state index is 0.663. The Labute approximate surface area is 128 Å². The highest BCUT2D eigenvalue weighted by Gasteiger charge is 2.17. The van der Waals surface area contributed by atoms with E-state index in [-0.39, 0.29) is 0 Å². The lowest BCUT2D eigenvalue weighted by molar-refractivity contribution is 0.572. The smallest absolute Gasteiger partial charge is 0.154 e. The highest BCUT2D eigenvalue weighted by molar-refractivity contribution is 9.10. The van der Waals surface area contributed by atoms with Crippen LogP contribution in [0, 0.1) is 0 Å². The fourth-order valence-corrected chi connectivity index (χ4v) is 2.55. The largest absolute Gasteiger partial charge is 0.463 e. The molecule has 0 saturated heterocycles. The van der Waals surface area contributed by atoms with E-state index in [9.17, 15) is 0 Å². The van der Waals surface area contributed by atoms with Crippen LogP contribution in [0.1, 0.15) is 0 Å². The summed E-state index contributed by atoms with van der Waals surface area (Å²) in [6.07, 6.45) is 3.24. The third kappa shape index (κ3) is 2.15. The maximum Gasteiger partial charge on any atom is 0.154 e. The van der Waals surface area contributed by atoms with Crippen LogP contribution in [-0.2, 0) is 0 Å². The topological polar surface area (TPSA) is 52.1 Å². The standard InChI is InChI=1S/C16H9BrN2O2/c17-10-5-6-11-12(9-10)19-16(14-4-2-8-21-14)15(18-11)13-3-1-7-20-13/h1-9H. The van der Waals surface area contributed by atoms with E-state index in [4.69, 9.17) is 8.83 Å². The van der Waals surface area contributed by atoms with Gasteiger partial charge in [-0.15, -0.1) is 0 Å². The molecule has 0 aliphatic heterocycles. The van der Waals surface area contributed by atoms with Crippen LogP contribution in [0.15, 0.2) is 68.3 Å². The zero-order valence-electron chi connectivity index (χ0n) is 10.8. The quantitative estimate of drug-likeness (QED) is 0.520. The zero-order valence-corrected chi connectivity index (χ0v) is 12.4. The van der Waals surface area contributed by atoms with E-state index in [0.29, 0.717) is 22.9 Å². The van der Waals surface area contributed by atoms with Crippen LogP contribution >= 0.6 is 15.9 Å².